The topological polar surface area (TPSA) is 70.2 Å². The Hall–Kier alpha value is -2.22. The molecule has 2 N–H and O–H groups in total. The van der Waals surface area contributed by atoms with E-state index in [0.29, 0.717) is 29.9 Å². The number of nitrogens with one attached hydrogen (secondary N) is 2. The number of carbonyl (C=O) groups is 1. The van der Waals surface area contributed by atoms with Gasteiger partial charge in [-0.1, -0.05) is 0 Å². The van der Waals surface area contributed by atoms with Gasteiger partial charge in [-0.05, 0) is 32.0 Å². The summed E-state index contributed by atoms with van der Waals surface area (Å²) in [6.45, 7) is 4.86. The number of aromatic nitrogens is 2. The molecule has 1 fully saturated rings. The van der Waals surface area contributed by atoms with Crippen molar-refractivity contribution in [2.45, 2.75) is 32.4 Å². The molecule has 6 nitrogen and oxygen atoms in total. The maximum Gasteiger partial charge on any atom is 0.322 e. The Bertz CT molecular complexity index is 719. The number of rotatable bonds is 2. The van der Waals surface area contributed by atoms with Gasteiger partial charge in [0.05, 0.1) is 29.8 Å². The van der Waals surface area contributed by atoms with E-state index in [2.05, 4.69) is 15.3 Å². The zero-order valence-corrected chi connectivity index (χ0v) is 12.8. The molecule has 2 amide bonds. The number of morpholine rings is 1. The number of benzene rings is 1. The number of imidazole rings is 1. The summed E-state index contributed by atoms with van der Waals surface area (Å²) < 4.78 is 30.8. The number of anilines is 1. The van der Waals surface area contributed by atoms with Gasteiger partial charge in [0, 0.05) is 12.2 Å². The highest BCUT2D eigenvalue weighted by molar-refractivity contribution is 5.92. The van der Waals surface area contributed by atoms with Crippen molar-refractivity contribution in [3.05, 3.63) is 24.0 Å². The molecule has 1 aliphatic rings. The van der Waals surface area contributed by atoms with E-state index in [1.807, 2.05) is 13.8 Å². The van der Waals surface area contributed by atoms with E-state index < -0.39 is 6.43 Å². The average molecular weight is 324 g/mol. The number of alkyl halides is 2. The highest BCUT2D eigenvalue weighted by atomic mass is 19.3. The van der Waals surface area contributed by atoms with Crippen LogP contribution in [0.3, 0.4) is 0 Å². The van der Waals surface area contributed by atoms with Crippen molar-refractivity contribution >= 4 is 22.8 Å². The van der Waals surface area contributed by atoms with Crippen LogP contribution in [-0.2, 0) is 4.74 Å². The fourth-order valence-electron chi connectivity index (χ4n) is 2.63. The molecule has 2 heterocycles. The van der Waals surface area contributed by atoms with Gasteiger partial charge >= 0.3 is 6.03 Å². The van der Waals surface area contributed by atoms with Gasteiger partial charge in [-0.2, -0.15) is 0 Å². The van der Waals surface area contributed by atoms with Gasteiger partial charge in [0.25, 0.3) is 6.43 Å². The van der Waals surface area contributed by atoms with Gasteiger partial charge in [-0.25, -0.2) is 18.6 Å². The molecule has 0 bridgehead atoms. The molecule has 1 aromatic carbocycles. The van der Waals surface area contributed by atoms with Crippen molar-refractivity contribution in [2.75, 3.05) is 18.5 Å². The highest BCUT2D eigenvalue weighted by Gasteiger charge is 2.29. The number of urea groups is 1. The van der Waals surface area contributed by atoms with E-state index in [-0.39, 0.29) is 24.0 Å². The molecule has 2 aromatic rings. The van der Waals surface area contributed by atoms with Crippen molar-refractivity contribution in [3.8, 4) is 0 Å². The average Bonchev–Trinajstić information content (AvgIpc) is 2.93. The van der Waals surface area contributed by atoms with Crippen LogP contribution in [0.1, 0.15) is 26.1 Å². The molecule has 2 atom stereocenters. The number of nitrogens with zero attached hydrogens (tertiary/aromatic N) is 2. The summed E-state index contributed by atoms with van der Waals surface area (Å²) in [6, 6.07) is 4.56. The standard InChI is InChI=1S/C15H18F2N4O2/c1-8-9(2)23-6-5-21(8)15(22)18-10-3-4-11-12(7-10)20-14(19-11)13(16)17/h3-4,7-9,13H,5-6H2,1-2H3,(H,18,22)(H,19,20)/t8-,9+/m0/s1. The minimum absolute atomic E-state index is 0.0295. The maximum atomic E-state index is 12.7. The van der Waals surface area contributed by atoms with E-state index in [9.17, 15) is 13.6 Å². The molecule has 0 radical (unpaired) electrons. The quantitative estimate of drug-likeness (QED) is 0.891. The normalized spacial score (nSPS) is 21.9. The molecule has 124 valence electrons. The maximum absolute atomic E-state index is 12.7. The number of H-pyrrole nitrogens is 1. The van der Waals surface area contributed by atoms with E-state index in [4.69, 9.17) is 4.74 Å². The second-order valence-corrected chi connectivity index (χ2v) is 5.59. The molecule has 0 aliphatic carbocycles. The predicted octanol–water partition coefficient (Wildman–Crippen LogP) is 3.14. The van der Waals surface area contributed by atoms with Gasteiger partial charge < -0.3 is 19.9 Å². The van der Waals surface area contributed by atoms with Gasteiger partial charge in [0.15, 0.2) is 5.82 Å². The fraction of sp³-hybridized carbons (Fsp3) is 0.467. The number of aromatic amines is 1. The SMILES string of the molecule is C[C@H]1OCCN(C(=O)Nc2ccc3nc(C(F)F)[nH]c3c2)[C@H]1C. The number of hydrogen-bond donors (Lipinski definition) is 2. The van der Waals surface area contributed by atoms with Crippen LogP contribution < -0.4 is 5.32 Å². The Kier molecular flexibility index (Phi) is 4.16. The van der Waals surface area contributed by atoms with Crippen LogP contribution in [0.4, 0.5) is 19.3 Å². The predicted molar refractivity (Wildman–Crippen MR) is 81.7 cm³/mol. The molecule has 0 saturated carbocycles. The monoisotopic (exact) mass is 324 g/mol. The molecule has 1 saturated heterocycles. The van der Waals surface area contributed by atoms with Crippen LogP contribution in [-0.4, -0.2) is 46.2 Å². The number of hydrogen-bond acceptors (Lipinski definition) is 3. The first-order chi connectivity index (χ1) is 11.0. The van der Waals surface area contributed by atoms with Crippen LogP contribution in [0.5, 0.6) is 0 Å². The number of ether oxygens (including phenoxy) is 1. The molecular weight excluding hydrogens is 306 g/mol. The van der Waals surface area contributed by atoms with Crippen molar-refractivity contribution in [2.24, 2.45) is 0 Å². The zero-order valence-electron chi connectivity index (χ0n) is 12.8. The molecule has 1 aromatic heterocycles. The van der Waals surface area contributed by atoms with Crippen molar-refractivity contribution in [1.29, 1.82) is 0 Å². The Morgan fingerprint density at radius 3 is 3.00 bits per heavy atom. The minimum Gasteiger partial charge on any atom is -0.375 e. The number of amides is 2. The van der Waals surface area contributed by atoms with Crippen molar-refractivity contribution < 1.29 is 18.3 Å². The summed E-state index contributed by atoms with van der Waals surface area (Å²) in [5.74, 6) is -0.376. The summed E-state index contributed by atoms with van der Waals surface area (Å²) in [5.41, 5.74) is 1.42. The van der Waals surface area contributed by atoms with E-state index in [1.165, 1.54) is 0 Å². The molecule has 23 heavy (non-hydrogen) atoms. The second kappa shape index (κ2) is 6.11. The lowest BCUT2D eigenvalue weighted by Gasteiger charge is -2.37. The number of carbonyl (C=O) groups excluding carboxylic acids is 1. The Labute approximate surface area is 131 Å². The van der Waals surface area contributed by atoms with Gasteiger partial charge in [0.1, 0.15) is 0 Å². The van der Waals surface area contributed by atoms with Crippen LogP contribution in [0.2, 0.25) is 0 Å². The minimum atomic E-state index is -2.66. The lowest BCUT2D eigenvalue weighted by atomic mass is 10.1. The molecular formula is C15H18F2N4O2. The summed E-state index contributed by atoms with van der Waals surface area (Å²) >= 11 is 0. The van der Waals surface area contributed by atoms with Gasteiger partial charge in [0.2, 0.25) is 0 Å². The second-order valence-electron chi connectivity index (χ2n) is 5.59. The number of halogens is 2. The van der Waals surface area contributed by atoms with Gasteiger partial charge in [-0.3, -0.25) is 0 Å². The van der Waals surface area contributed by atoms with Crippen LogP contribution in [0.25, 0.3) is 11.0 Å². The first-order valence-electron chi connectivity index (χ1n) is 7.42. The molecule has 3 rings (SSSR count). The van der Waals surface area contributed by atoms with Crippen molar-refractivity contribution in [3.63, 3.8) is 0 Å². The fourth-order valence-corrected chi connectivity index (χ4v) is 2.63. The van der Waals surface area contributed by atoms with Crippen LogP contribution in [0, 0.1) is 0 Å². The first kappa shape index (κ1) is 15.7. The summed E-state index contributed by atoms with van der Waals surface area (Å²) in [5, 5.41) is 2.79. The van der Waals surface area contributed by atoms with E-state index in [1.54, 1.807) is 23.1 Å². The number of fused-ring (bicyclic) bond motifs is 1. The Morgan fingerprint density at radius 2 is 2.26 bits per heavy atom. The van der Waals surface area contributed by atoms with Gasteiger partial charge in [-0.15, -0.1) is 0 Å². The third kappa shape index (κ3) is 3.12. The summed E-state index contributed by atoms with van der Waals surface area (Å²) in [7, 11) is 0. The molecule has 0 spiro atoms. The zero-order chi connectivity index (χ0) is 16.6. The van der Waals surface area contributed by atoms with Crippen LogP contribution >= 0.6 is 0 Å². The Morgan fingerprint density at radius 1 is 1.48 bits per heavy atom. The largest absolute Gasteiger partial charge is 0.375 e. The molecule has 8 heteroatoms. The van der Waals surface area contributed by atoms with Crippen molar-refractivity contribution in [1.82, 2.24) is 14.9 Å². The smallest absolute Gasteiger partial charge is 0.322 e. The Balaban J connectivity index is 1.76. The van der Waals surface area contributed by atoms with E-state index in [0.717, 1.165) is 0 Å². The first-order valence-corrected chi connectivity index (χ1v) is 7.42. The van der Waals surface area contributed by atoms with Crippen LogP contribution in [0.15, 0.2) is 18.2 Å². The lowest BCUT2D eigenvalue weighted by Crippen LogP contribution is -2.52. The third-order valence-corrected chi connectivity index (χ3v) is 4.10. The molecule has 0 unspecified atom stereocenters. The summed E-state index contributed by atoms with van der Waals surface area (Å²) in [6.07, 6.45) is -2.69. The third-order valence-electron chi connectivity index (χ3n) is 4.10. The summed E-state index contributed by atoms with van der Waals surface area (Å²) in [4.78, 5) is 20.4. The highest BCUT2D eigenvalue weighted by Crippen LogP contribution is 2.23. The molecule has 1 aliphatic heterocycles. The van der Waals surface area contributed by atoms with E-state index >= 15 is 0 Å². The lowest BCUT2D eigenvalue weighted by molar-refractivity contribution is -0.0355.